The summed E-state index contributed by atoms with van der Waals surface area (Å²) in [5.41, 5.74) is 9.90. The average molecular weight is 268 g/mol. The number of methoxy groups -OCH3 is 1. The van der Waals surface area contributed by atoms with Crippen LogP contribution in [-0.4, -0.2) is 17.1 Å². The molecule has 2 aromatic rings. The molecule has 0 atom stereocenters. The van der Waals surface area contributed by atoms with E-state index >= 15 is 0 Å². The smallest absolute Gasteiger partial charge is 0.166 e. The molecule has 20 heavy (non-hydrogen) atoms. The van der Waals surface area contributed by atoms with Crippen LogP contribution in [0.15, 0.2) is 12.1 Å². The Morgan fingerprint density at radius 3 is 2.45 bits per heavy atom. The van der Waals surface area contributed by atoms with E-state index in [9.17, 15) is 0 Å². The number of hydrogen-bond donors (Lipinski definition) is 1. The number of aromatic nitrogens is 2. The van der Waals surface area contributed by atoms with Crippen LogP contribution in [0.1, 0.15) is 22.4 Å². The molecule has 0 radical (unpaired) electrons. The first kappa shape index (κ1) is 13.8. The Balaban J connectivity index is 2.79. The molecule has 0 amide bonds. The number of benzene rings is 1. The van der Waals surface area contributed by atoms with E-state index in [4.69, 9.17) is 15.7 Å². The van der Waals surface area contributed by atoms with Gasteiger partial charge in [0, 0.05) is 6.07 Å². The first-order valence-corrected chi connectivity index (χ1v) is 6.17. The molecule has 0 aliphatic heterocycles. The number of anilines is 1. The summed E-state index contributed by atoms with van der Waals surface area (Å²) in [6.07, 6.45) is 0. The van der Waals surface area contributed by atoms with Crippen molar-refractivity contribution in [2.45, 2.75) is 20.8 Å². The highest BCUT2D eigenvalue weighted by atomic mass is 16.5. The highest BCUT2D eigenvalue weighted by molar-refractivity contribution is 5.72. The Morgan fingerprint density at radius 2 is 1.85 bits per heavy atom. The number of nitrogens with two attached hydrogens (primary N) is 1. The van der Waals surface area contributed by atoms with Crippen LogP contribution >= 0.6 is 0 Å². The molecule has 0 aliphatic carbocycles. The molecule has 0 fully saturated rings. The molecule has 0 saturated heterocycles. The van der Waals surface area contributed by atoms with Gasteiger partial charge in [-0.25, -0.2) is 9.97 Å². The van der Waals surface area contributed by atoms with Gasteiger partial charge < -0.3 is 10.5 Å². The zero-order valence-corrected chi connectivity index (χ0v) is 12.0. The van der Waals surface area contributed by atoms with Crippen LogP contribution in [0.2, 0.25) is 0 Å². The van der Waals surface area contributed by atoms with Crippen LogP contribution < -0.4 is 10.5 Å². The maximum Gasteiger partial charge on any atom is 0.166 e. The number of rotatable bonds is 2. The number of ether oxygens (including phenoxy) is 1. The summed E-state index contributed by atoms with van der Waals surface area (Å²) < 4.78 is 5.50. The first-order valence-electron chi connectivity index (χ1n) is 6.17. The van der Waals surface area contributed by atoms with Gasteiger partial charge in [0.25, 0.3) is 0 Å². The van der Waals surface area contributed by atoms with Crippen molar-refractivity contribution in [3.8, 4) is 23.2 Å². The lowest BCUT2D eigenvalue weighted by molar-refractivity contribution is 0.412. The van der Waals surface area contributed by atoms with Crippen molar-refractivity contribution >= 4 is 5.82 Å². The van der Waals surface area contributed by atoms with E-state index in [-0.39, 0.29) is 11.5 Å². The van der Waals surface area contributed by atoms with Crippen molar-refractivity contribution in [2.75, 3.05) is 12.8 Å². The van der Waals surface area contributed by atoms with Gasteiger partial charge >= 0.3 is 0 Å². The Kier molecular flexibility index (Phi) is 3.57. The average Bonchev–Trinajstić information content (AvgIpc) is 2.41. The van der Waals surface area contributed by atoms with Crippen molar-refractivity contribution in [2.24, 2.45) is 0 Å². The first-order chi connectivity index (χ1) is 9.47. The van der Waals surface area contributed by atoms with E-state index in [0.717, 1.165) is 28.0 Å². The van der Waals surface area contributed by atoms with Crippen LogP contribution in [0.4, 0.5) is 5.82 Å². The minimum absolute atomic E-state index is 0.243. The Hall–Kier alpha value is -2.61. The molecule has 0 unspecified atom stereocenters. The van der Waals surface area contributed by atoms with E-state index < -0.39 is 0 Å². The zero-order valence-electron chi connectivity index (χ0n) is 12.0. The fraction of sp³-hybridized carbons (Fsp3) is 0.267. The van der Waals surface area contributed by atoms with Crippen molar-refractivity contribution in [3.05, 3.63) is 34.5 Å². The zero-order chi connectivity index (χ0) is 14.9. The second-order valence-electron chi connectivity index (χ2n) is 4.66. The van der Waals surface area contributed by atoms with Crippen LogP contribution in [0, 0.1) is 32.1 Å². The molecule has 1 aromatic carbocycles. The van der Waals surface area contributed by atoms with Crippen LogP contribution in [0.3, 0.4) is 0 Å². The van der Waals surface area contributed by atoms with Gasteiger partial charge in [-0.05, 0) is 37.5 Å². The van der Waals surface area contributed by atoms with Crippen molar-refractivity contribution in [3.63, 3.8) is 0 Å². The molecule has 2 N–H and O–H groups in total. The summed E-state index contributed by atoms with van der Waals surface area (Å²) in [7, 11) is 1.61. The van der Waals surface area contributed by atoms with Crippen molar-refractivity contribution in [1.82, 2.24) is 9.97 Å². The third-order valence-electron chi connectivity index (χ3n) is 3.27. The van der Waals surface area contributed by atoms with Gasteiger partial charge in [-0.3, -0.25) is 0 Å². The number of nitrogen functional groups attached to an aromatic ring is 1. The molecule has 2 rings (SSSR count). The fourth-order valence-corrected chi connectivity index (χ4v) is 2.22. The van der Waals surface area contributed by atoms with Crippen LogP contribution in [0.25, 0.3) is 11.4 Å². The van der Waals surface area contributed by atoms with E-state index in [1.165, 1.54) is 6.07 Å². The van der Waals surface area contributed by atoms with Crippen LogP contribution in [-0.2, 0) is 0 Å². The summed E-state index contributed by atoms with van der Waals surface area (Å²) in [6, 6.07) is 5.49. The second kappa shape index (κ2) is 5.17. The lowest BCUT2D eigenvalue weighted by Crippen LogP contribution is -2.03. The summed E-state index contributed by atoms with van der Waals surface area (Å²) in [5.74, 6) is 1.40. The van der Waals surface area contributed by atoms with E-state index in [1.54, 1.807) is 7.11 Å². The second-order valence-corrected chi connectivity index (χ2v) is 4.66. The molecule has 1 aromatic heterocycles. The largest absolute Gasteiger partial charge is 0.496 e. The molecular weight excluding hydrogens is 252 g/mol. The predicted molar refractivity (Wildman–Crippen MR) is 77.4 cm³/mol. The Morgan fingerprint density at radius 1 is 1.15 bits per heavy atom. The topological polar surface area (TPSA) is 84.8 Å². The summed E-state index contributed by atoms with van der Waals surface area (Å²) in [6.45, 7) is 5.97. The molecule has 5 nitrogen and oxygen atoms in total. The predicted octanol–water partition coefficient (Wildman–Crippen LogP) is 2.53. The molecule has 1 heterocycles. The molecular formula is C15H16N4O. The minimum atomic E-state index is 0.243. The molecule has 0 spiro atoms. The fourth-order valence-electron chi connectivity index (χ4n) is 2.22. The monoisotopic (exact) mass is 268 g/mol. The maximum absolute atomic E-state index is 9.00. The molecule has 0 saturated carbocycles. The molecule has 5 heteroatoms. The summed E-state index contributed by atoms with van der Waals surface area (Å²) in [5, 5.41) is 9.00. The van der Waals surface area contributed by atoms with Gasteiger partial charge in [0.2, 0.25) is 0 Å². The highest BCUT2D eigenvalue weighted by Gasteiger charge is 2.17. The van der Waals surface area contributed by atoms with Gasteiger partial charge in [-0.1, -0.05) is 6.07 Å². The van der Waals surface area contributed by atoms with Crippen molar-refractivity contribution in [1.29, 1.82) is 5.26 Å². The number of nitriles is 1. The Labute approximate surface area is 118 Å². The lowest BCUT2D eigenvalue weighted by Gasteiger charge is -2.15. The van der Waals surface area contributed by atoms with Gasteiger partial charge in [-0.2, -0.15) is 5.26 Å². The maximum atomic E-state index is 9.00. The van der Waals surface area contributed by atoms with E-state index in [0.29, 0.717) is 5.82 Å². The third-order valence-corrected chi connectivity index (χ3v) is 3.27. The van der Waals surface area contributed by atoms with E-state index in [1.807, 2.05) is 32.9 Å². The normalized spacial score (nSPS) is 10.2. The molecule has 0 aliphatic rings. The quantitative estimate of drug-likeness (QED) is 0.904. The van der Waals surface area contributed by atoms with Gasteiger partial charge in [0.1, 0.15) is 23.3 Å². The SMILES string of the molecule is COc1c(C)c(C)cc(C)c1-c1nc(N)cc(C#N)n1. The molecule has 102 valence electrons. The number of nitrogens with zero attached hydrogens (tertiary/aromatic N) is 3. The minimum Gasteiger partial charge on any atom is -0.496 e. The van der Waals surface area contributed by atoms with Crippen molar-refractivity contribution < 1.29 is 4.74 Å². The van der Waals surface area contributed by atoms with Crippen LogP contribution in [0.5, 0.6) is 5.75 Å². The lowest BCUT2D eigenvalue weighted by atomic mass is 9.98. The Bertz CT molecular complexity index is 717. The number of aryl methyl sites for hydroxylation is 2. The number of hydrogen-bond acceptors (Lipinski definition) is 5. The third kappa shape index (κ3) is 2.28. The van der Waals surface area contributed by atoms with E-state index in [2.05, 4.69) is 9.97 Å². The van der Waals surface area contributed by atoms with Gasteiger partial charge in [0.15, 0.2) is 5.82 Å². The summed E-state index contributed by atoms with van der Waals surface area (Å²) in [4.78, 5) is 8.46. The summed E-state index contributed by atoms with van der Waals surface area (Å²) >= 11 is 0. The van der Waals surface area contributed by atoms with Gasteiger partial charge in [0.05, 0.1) is 12.7 Å². The van der Waals surface area contributed by atoms with Gasteiger partial charge in [-0.15, -0.1) is 0 Å². The standard InChI is InChI=1S/C15H16N4O/c1-8-5-9(2)13(14(20-4)10(8)3)15-18-11(7-16)6-12(17)19-15/h5-6H,1-4H3,(H2,17,18,19). The molecule has 0 bridgehead atoms. The highest BCUT2D eigenvalue weighted by Crippen LogP contribution is 2.36.